The summed E-state index contributed by atoms with van der Waals surface area (Å²) in [5, 5.41) is 9.09. The maximum atomic E-state index is 12.6. The van der Waals surface area contributed by atoms with Crippen LogP contribution in [0.4, 0.5) is 5.82 Å². The van der Waals surface area contributed by atoms with Crippen LogP contribution < -0.4 is 10.1 Å². The second-order valence-corrected chi connectivity index (χ2v) is 9.47. The van der Waals surface area contributed by atoms with Gasteiger partial charge in [-0.1, -0.05) is 75.7 Å². The van der Waals surface area contributed by atoms with E-state index in [1.807, 2.05) is 0 Å². The van der Waals surface area contributed by atoms with Crippen molar-refractivity contribution in [3.8, 4) is 5.75 Å². The van der Waals surface area contributed by atoms with Crippen LogP contribution in [0.2, 0.25) is 30.1 Å². The summed E-state index contributed by atoms with van der Waals surface area (Å²) in [6.45, 7) is 0.329. The first-order valence-electron chi connectivity index (χ1n) is 9.54. The SMILES string of the molecule is O=C(Nc1nn(Cc2ccc(Cl)cc2Cl)cc1Cl)c1ccc(COc2c(Cl)cc(Cl)cc2Cl)o1. The topological polar surface area (TPSA) is 69.3 Å². The fraction of sp³-hybridized carbons (Fsp3) is 0.0909. The first kappa shape index (κ1) is 25.0. The van der Waals surface area contributed by atoms with Crippen molar-refractivity contribution < 1.29 is 13.9 Å². The molecule has 6 nitrogen and oxygen atoms in total. The molecule has 1 amide bonds. The molecule has 2 heterocycles. The monoisotopic (exact) mass is 577 g/mol. The van der Waals surface area contributed by atoms with Crippen molar-refractivity contribution >= 4 is 81.3 Å². The molecule has 0 bridgehead atoms. The number of hydrogen-bond donors (Lipinski definition) is 1. The maximum absolute atomic E-state index is 12.6. The number of carbonyl (C=O) groups is 1. The van der Waals surface area contributed by atoms with Crippen LogP contribution in [0.1, 0.15) is 21.9 Å². The molecule has 0 aliphatic carbocycles. The van der Waals surface area contributed by atoms with Crippen LogP contribution in [0, 0.1) is 0 Å². The number of nitrogens with one attached hydrogen (secondary N) is 1. The predicted octanol–water partition coefficient (Wildman–Crippen LogP) is 8.28. The van der Waals surface area contributed by atoms with Gasteiger partial charge < -0.3 is 14.5 Å². The van der Waals surface area contributed by atoms with Gasteiger partial charge in [0.25, 0.3) is 5.91 Å². The summed E-state index contributed by atoms with van der Waals surface area (Å²) < 4.78 is 12.7. The Hall–Kier alpha value is -2.06. The third-order valence-electron chi connectivity index (χ3n) is 4.50. The van der Waals surface area contributed by atoms with Gasteiger partial charge in [-0.3, -0.25) is 9.48 Å². The largest absolute Gasteiger partial charge is 0.483 e. The van der Waals surface area contributed by atoms with E-state index >= 15 is 0 Å². The number of anilines is 1. The predicted molar refractivity (Wildman–Crippen MR) is 135 cm³/mol. The van der Waals surface area contributed by atoms with Crippen molar-refractivity contribution in [3.05, 3.63) is 95.9 Å². The molecule has 0 aliphatic rings. The van der Waals surface area contributed by atoms with Crippen LogP contribution in [-0.4, -0.2) is 15.7 Å². The van der Waals surface area contributed by atoms with Crippen LogP contribution >= 0.6 is 69.6 Å². The molecule has 0 saturated heterocycles. The van der Waals surface area contributed by atoms with Crippen LogP contribution in [0.3, 0.4) is 0 Å². The Balaban J connectivity index is 1.40. The van der Waals surface area contributed by atoms with Gasteiger partial charge in [0.15, 0.2) is 17.3 Å². The van der Waals surface area contributed by atoms with Gasteiger partial charge in [-0.15, -0.1) is 0 Å². The van der Waals surface area contributed by atoms with E-state index in [1.165, 1.54) is 18.2 Å². The van der Waals surface area contributed by atoms with Crippen molar-refractivity contribution in [1.29, 1.82) is 0 Å². The first-order valence-corrected chi connectivity index (χ1v) is 11.8. The minimum Gasteiger partial charge on any atom is -0.483 e. The summed E-state index contributed by atoms with van der Waals surface area (Å²) in [4.78, 5) is 12.6. The van der Waals surface area contributed by atoms with Crippen molar-refractivity contribution in [3.63, 3.8) is 0 Å². The van der Waals surface area contributed by atoms with Gasteiger partial charge in [-0.2, -0.15) is 5.10 Å². The molecule has 0 unspecified atom stereocenters. The highest BCUT2D eigenvalue weighted by molar-refractivity contribution is 6.40. The molecule has 12 heteroatoms. The summed E-state index contributed by atoms with van der Waals surface area (Å²) in [7, 11) is 0. The first-order chi connectivity index (χ1) is 16.2. The summed E-state index contributed by atoms with van der Waals surface area (Å²) in [6.07, 6.45) is 1.57. The number of rotatable bonds is 7. The molecule has 2 aromatic heterocycles. The van der Waals surface area contributed by atoms with Gasteiger partial charge in [0.05, 0.1) is 16.6 Å². The molecule has 0 atom stereocenters. The average Bonchev–Trinajstić information content (AvgIpc) is 3.36. The van der Waals surface area contributed by atoms with Gasteiger partial charge in [-0.05, 0) is 42.0 Å². The zero-order chi connectivity index (χ0) is 24.4. The van der Waals surface area contributed by atoms with E-state index in [4.69, 9.17) is 78.8 Å². The summed E-state index contributed by atoms with van der Waals surface area (Å²) in [5.41, 5.74) is 0.791. The number of benzene rings is 2. The Labute approximate surface area is 224 Å². The standard InChI is InChI=1S/C22H13Cl6N3O3/c23-12-2-1-11(15(25)5-12)8-31-9-18(28)21(30-31)29-22(32)19-4-3-14(34-19)10-33-20-16(26)6-13(24)7-17(20)27/h1-7,9H,8,10H2,(H,29,30,32). The zero-order valence-corrected chi connectivity index (χ0v) is 21.5. The number of ether oxygens (including phenoxy) is 1. The van der Waals surface area contributed by atoms with E-state index in [0.29, 0.717) is 27.4 Å². The van der Waals surface area contributed by atoms with Crippen LogP contribution in [0.25, 0.3) is 0 Å². The molecule has 34 heavy (non-hydrogen) atoms. The summed E-state index contributed by atoms with van der Waals surface area (Å²) in [5.74, 6) is 0.309. The van der Waals surface area contributed by atoms with Gasteiger partial charge in [0.2, 0.25) is 0 Å². The number of halogens is 6. The Bertz CT molecular complexity index is 1340. The molecule has 1 N–H and O–H groups in total. The minimum atomic E-state index is -0.537. The van der Waals surface area contributed by atoms with E-state index in [1.54, 1.807) is 35.1 Å². The van der Waals surface area contributed by atoms with E-state index in [-0.39, 0.29) is 39.0 Å². The highest BCUT2D eigenvalue weighted by Crippen LogP contribution is 2.36. The number of aromatic nitrogens is 2. The van der Waals surface area contributed by atoms with Crippen molar-refractivity contribution in [1.82, 2.24) is 9.78 Å². The molecular formula is C22H13Cl6N3O3. The molecule has 176 valence electrons. The molecule has 2 aromatic carbocycles. The van der Waals surface area contributed by atoms with E-state index in [0.717, 1.165) is 5.56 Å². The minimum absolute atomic E-state index is 0.00835. The van der Waals surface area contributed by atoms with Crippen molar-refractivity contribution in [2.75, 3.05) is 5.32 Å². The van der Waals surface area contributed by atoms with Crippen LogP contribution in [0.5, 0.6) is 5.75 Å². The molecule has 0 saturated carbocycles. The van der Waals surface area contributed by atoms with Crippen molar-refractivity contribution in [2.24, 2.45) is 0 Å². The second-order valence-electron chi connectivity index (χ2n) is 6.97. The van der Waals surface area contributed by atoms with Gasteiger partial charge >= 0.3 is 0 Å². The van der Waals surface area contributed by atoms with Crippen LogP contribution in [-0.2, 0) is 13.2 Å². The molecule has 0 radical (unpaired) electrons. The highest BCUT2D eigenvalue weighted by Gasteiger charge is 2.17. The lowest BCUT2D eigenvalue weighted by Gasteiger charge is -2.09. The maximum Gasteiger partial charge on any atom is 0.292 e. The van der Waals surface area contributed by atoms with E-state index in [9.17, 15) is 4.79 Å². The second kappa shape index (κ2) is 10.7. The summed E-state index contributed by atoms with van der Waals surface area (Å²) in [6, 6.07) is 11.3. The molecule has 4 rings (SSSR count). The Morgan fingerprint density at radius 2 is 1.62 bits per heavy atom. The smallest absolute Gasteiger partial charge is 0.292 e. The number of carbonyl (C=O) groups excluding carboxylic acids is 1. The quantitative estimate of drug-likeness (QED) is 0.239. The molecule has 0 fully saturated rings. The molecule has 0 spiro atoms. The fourth-order valence-corrected chi connectivity index (χ4v) is 4.54. The highest BCUT2D eigenvalue weighted by atomic mass is 35.5. The third-order valence-corrected chi connectivity index (χ3v) is 6.15. The molecule has 0 aliphatic heterocycles. The lowest BCUT2D eigenvalue weighted by molar-refractivity contribution is 0.0992. The van der Waals surface area contributed by atoms with Crippen LogP contribution in [0.15, 0.2) is 53.1 Å². The average molecular weight is 580 g/mol. The van der Waals surface area contributed by atoms with Gasteiger partial charge in [0.1, 0.15) is 17.4 Å². The number of nitrogens with zero attached hydrogens (tertiary/aromatic N) is 2. The van der Waals surface area contributed by atoms with E-state index in [2.05, 4.69) is 10.4 Å². The Morgan fingerprint density at radius 1 is 0.912 bits per heavy atom. The summed E-state index contributed by atoms with van der Waals surface area (Å²) >= 11 is 36.5. The number of hydrogen-bond acceptors (Lipinski definition) is 4. The lowest BCUT2D eigenvalue weighted by Crippen LogP contribution is -2.12. The van der Waals surface area contributed by atoms with Crippen molar-refractivity contribution in [2.45, 2.75) is 13.2 Å². The third kappa shape index (κ3) is 5.95. The van der Waals surface area contributed by atoms with Gasteiger partial charge in [-0.25, -0.2) is 0 Å². The zero-order valence-electron chi connectivity index (χ0n) is 16.9. The van der Waals surface area contributed by atoms with E-state index < -0.39 is 5.91 Å². The molecular weight excluding hydrogens is 567 g/mol. The molecule has 4 aromatic rings. The number of furan rings is 1. The lowest BCUT2D eigenvalue weighted by atomic mass is 10.2. The Kier molecular flexibility index (Phi) is 7.87. The Morgan fingerprint density at radius 3 is 2.32 bits per heavy atom. The number of amides is 1. The normalized spacial score (nSPS) is 11.0. The fourth-order valence-electron chi connectivity index (χ4n) is 2.94. The van der Waals surface area contributed by atoms with Gasteiger partial charge in [0, 0.05) is 21.3 Å².